The summed E-state index contributed by atoms with van der Waals surface area (Å²) in [5.41, 5.74) is 1.25. The van der Waals surface area contributed by atoms with Crippen molar-refractivity contribution < 1.29 is 9.50 Å². The van der Waals surface area contributed by atoms with E-state index in [9.17, 15) is 9.50 Å². The minimum absolute atomic E-state index is 0.251. The van der Waals surface area contributed by atoms with Gasteiger partial charge in [0.25, 0.3) is 0 Å². The van der Waals surface area contributed by atoms with Gasteiger partial charge in [-0.2, -0.15) is 0 Å². The average molecular weight is 253 g/mol. The molecule has 18 heavy (non-hydrogen) atoms. The predicted octanol–water partition coefficient (Wildman–Crippen LogP) is 3.75. The highest BCUT2D eigenvalue weighted by atomic mass is 19.1. The Morgan fingerprint density at radius 3 is 2.39 bits per heavy atom. The van der Waals surface area contributed by atoms with Crippen molar-refractivity contribution in [2.45, 2.75) is 40.2 Å². The maximum absolute atomic E-state index is 14.0. The van der Waals surface area contributed by atoms with Crippen molar-refractivity contribution in [3.63, 3.8) is 0 Å². The van der Waals surface area contributed by atoms with Crippen molar-refractivity contribution in [1.82, 2.24) is 0 Å². The third kappa shape index (κ3) is 3.70. The van der Waals surface area contributed by atoms with Crippen LogP contribution in [0.25, 0.3) is 0 Å². The van der Waals surface area contributed by atoms with E-state index >= 15 is 0 Å². The standard InChI is InChI=1S/C15H24FNO/c1-5-11(3)10-17(6-2)15-8-7-13(12(4)18)9-14(15)16/h7-9,11-12,18H,5-6,10H2,1-4H3. The van der Waals surface area contributed by atoms with Crippen molar-refractivity contribution >= 4 is 5.69 Å². The molecule has 0 bridgehead atoms. The van der Waals surface area contributed by atoms with E-state index < -0.39 is 6.10 Å². The van der Waals surface area contributed by atoms with Gasteiger partial charge in [0, 0.05) is 13.1 Å². The molecule has 2 atom stereocenters. The van der Waals surface area contributed by atoms with Gasteiger partial charge in [0.15, 0.2) is 0 Å². The zero-order valence-corrected chi connectivity index (χ0v) is 11.8. The lowest BCUT2D eigenvalue weighted by molar-refractivity contribution is 0.199. The molecule has 1 rings (SSSR count). The van der Waals surface area contributed by atoms with Gasteiger partial charge in [0.2, 0.25) is 0 Å². The topological polar surface area (TPSA) is 23.5 Å². The number of nitrogens with zero attached hydrogens (tertiary/aromatic N) is 1. The van der Waals surface area contributed by atoms with E-state index in [0.717, 1.165) is 19.5 Å². The maximum atomic E-state index is 14.0. The molecule has 0 saturated carbocycles. The molecular weight excluding hydrogens is 229 g/mol. The van der Waals surface area contributed by atoms with E-state index in [1.54, 1.807) is 19.1 Å². The molecule has 0 aliphatic rings. The van der Waals surface area contributed by atoms with E-state index in [1.807, 2.05) is 6.92 Å². The van der Waals surface area contributed by atoms with Crippen molar-refractivity contribution in [3.05, 3.63) is 29.6 Å². The third-order valence-corrected chi connectivity index (χ3v) is 3.41. The number of anilines is 1. The Morgan fingerprint density at radius 1 is 1.28 bits per heavy atom. The minimum atomic E-state index is -0.627. The van der Waals surface area contributed by atoms with Crippen LogP contribution in [0.15, 0.2) is 18.2 Å². The van der Waals surface area contributed by atoms with Gasteiger partial charge in [-0.05, 0) is 37.5 Å². The molecule has 0 aliphatic carbocycles. The summed E-state index contributed by atoms with van der Waals surface area (Å²) in [6.07, 6.45) is 0.461. The molecule has 2 nitrogen and oxygen atoms in total. The summed E-state index contributed by atoms with van der Waals surface area (Å²) >= 11 is 0. The molecule has 3 heteroatoms. The van der Waals surface area contributed by atoms with Crippen LogP contribution in [0.4, 0.5) is 10.1 Å². The normalized spacial score (nSPS) is 14.3. The molecule has 0 fully saturated rings. The van der Waals surface area contributed by atoms with Crippen LogP contribution < -0.4 is 4.90 Å². The van der Waals surface area contributed by atoms with Gasteiger partial charge in [0.1, 0.15) is 5.82 Å². The summed E-state index contributed by atoms with van der Waals surface area (Å²) in [6.45, 7) is 9.64. The molecule has 0 aromatic heterocycles. The average Bonchev–Trinajstić information content (AvgIpc) is 2.35. The number of rotatable bonds is 6. The lowest BCUT2D eigenvalue weighted by atomic mass is 10.1. The van der Waals surface area contributed by atoms with Gasteiger partial charge in [0.05, 0.1) is 11.8 Å². The first-order valence-corrected chi connectivity index (χ1v) is 6.72. The van der Waals surface area contributed by atoms with Crippen molar-refractivity contribution in [2.75, 3.05) is 18.0 Å². The molecule has 1 N–H and O–H groups in total. The Morgan fingerprint density at radius 2 is 1.94 bits per heavy atom. The summed E-state index contributed by atoms with van der Waals surface area (Å²) in [5, 5.41) is 9.44. The highest BCUT2D eigenvalue weighted by Crippen LogP contribution is 2.24. The van der Waals surface area contributed by atoms with Gasteiger partial charge in [-0.25, -0.2) is 4.39 Å². The molecule has 1 aromatic carbocycles. The van der Waals surface area contributed by atoms with Crippen LogP contribution in [0.5, 0.6) is 0 Å². The van der Waals surface area contributed by atoms with Crippen molar-refractivity contribution in [3.8, 4) is 0 Å². The molecule has 0 radical (unpaired) electrons. The number of halogens is 1. The molecule has 2 unspecified atom stereocenters. The summed E-state index contributed by atoms with van der Waals surface area (Å²) < 4.78 is 14.0. The molecular formula is C15H24FNO. The van der Waals surface area contributed by atoms with Crippen LogP contribution in [-0.4, -0.2) is 18.2 Å². The van der Waals surface area contributed by atoms with Crippen molar-refractivity contribution in [2.24, 2.45) is 5.92 Å². The molecule has 0 spiro atoms. The van der Waals surface area contributed by atoms with Crippen LogP contribution >= 0.6 is 0 Å². The van der Waals surface area contributed by atoms with E-state index in [0.29, 0.717) is 17.2 Å². The maximum Gasteiger partial charge on any atom is 0.146 e. The Bertz CT molecular complexity index is 379. The lowest BCUT2D eigenvalue weighted by Crippen LogP contribution is -2.28. The first-order valence-electron chi connectivity index (χ1n) is 6.72. The zero-order chi connectivity index (χ0) is 13.7. The molecule has 0 aliphatic heterocycles. The SMILES string of the molecule is CCC(C)CN(CC)c1ccc(C(C)O)cc1F. The summed E-state index contributed by atoms with van der Waals surface area (Å²) in [4.78, 5) is 2.05. The van der Waals surface area contributed by atoms with Gasteiger partial charge in [-0.1, -0.05) is 26.3 Å². The lowest BCUT2D eigenvalue weighted by Gasteiger charge is -2.27. The number of hydrogen-bond donors (Lipinski definition) is 1. The van der Waals surface area contributed by atoms with E-state index in [1.165, 1.54) is 6.07 Å². The van der Waals surface area contributed by atoms with Gasteiger partial charge >= 0.3 is 0 Å². The zero-order valence-electron chi connectivity index (χ0n) is 11.8. The Kier molecular flexibility index (Phi) is 5.60. The van der Waals surface area contributed by atoms with Crippen molar-refractivity contribution in [1.29, 1.82) is 0 Å². The van der Waals surface area contributed by atoms with Crippen LogP contribution in [0.1, 0.15) is 45.8 Å². The quantitative estimate of drug-likeness (QED) is 0.834. The smallest absolute Gasteiger partial charge is 0.146 e. The van der Waals surface area contributed by atoms with Crippen LogP contribution in [0.3, 0.4) is 0 Å². The second kappa shape index (κ2) is 6.74. The number of hydrogen-bond acceptors (Lipinski definition) is 2. The third-order valence-electron chi connectivity index (χ3n) is 3.41. The molecule has 0 heterocycles. The number of aliphatic hydroxyl groups is 1. The molecule has 102 valence electrons. The van der Waals surface area contributed by atoms with E-state index in [2.05, 4.69) is 18.7 Å². The summed E-state index contributed by atoms with van der Waals surface area (Å²) in [6, 6.07) is 4.99. The summed E-state index contributed by atoms with van der Waals surface area (Å²) in [7, 11) is 0. The first kappa shape index (κ1) is 15.0. The summed E-state index contributed by atoms with van der Waals surface area (Å²) in [5.74, 6) is 0.291. The number of benzene rings is 1. The minimum Gasteiger partial charge on any atom is -0.389 e. The monoisotopic (exact) mass is 253 g/mol. The number of aliphatic hydroxyl groups excluding tert-OH is 1. The Hall–Kier alpha value is -1.09. The van der Waals surface area contributed by atoms with E-state index in [4.69, 9.17) is 0 Å². The highest BCUT2D eigenvalue weighted by Gasteiger charge is 2.14. The van der Waals surface area contributed by atoms with Crippen LogP contribution in [-0.2, 0) is 0 Å². The van der Waals surface area contributed by atoms with Gasteiger partial charge in [-0.15, -0.1) is 0 Å². The second-order valence-electron chi connectivity index (χ2n) is 4.94. The fourth-order valence-electron chi connectivity index (χ4n) is 1.94. The molecule has 1 aromatic rings. The first-order chi connectivity index (χ1) is 8.49. The predicted molar refractivity (Wildman–Crippen MR) is 74.4 cm³/mol. The fraction of sp³-hybridized carbons (Fsp3) is 0.600. The van der Waals surface area contributed by atoms with Gasteiger partial charge in [-0.3, -0.25) is 0 Å². The largest absolute Gasteiger partial charge is 0.389 e. The Balaban J connectivity index is 2.93. The fourth-order valence-corrected chi connectivity index (χ4v) is 1.94. The van der Waals surface area contributed by atoms with Gasteiger partial charge < -0.3 is 10.0 Å². The van der Waals surface area contributed by atoms with Crippen LogP contribution in [0, 0.1) is 11.7 Å². The van der Waals surface area contributed by atoms with Crippen LogP contribution in [0.2, 0.25) is 0 Å². The second-order valence-corrected chi connectivity index (χ2v) is 4.94. The highest BCUT2D eigenvalue weighted by molar-refractivity contribution is 5.49. The molecule has 0 saturated heterocycles. The Labute approximate surface area is 109 Å². The molecule has 0 amide bonds. The van der Waals surface area contributed by atoms with E-state index in [-0.39, 0.29) is 5.82 Å².